The van der Waals surface area contributed by atoms with Crippen molar-refractivity contribution in [2.45, 2.75) is 25.8 Å². The number of hydrogen-bond donors (Lipinski definition) is 2. The number of carbonyl (C=O) groups excluding carboxylic acids is 1. The maximum atomic E-state index is 12.0. The molecular formula is C14H20ClN3O3S. The van der Waals surface area contributed by atoms with Gasteiger partial charge in [0.25, 0.3) is 0 Å². The standard InChI is InChI=1S/C14H20ClN3O3S/c1-10-9-11(15)3-4-13(10)17-14(19)16-12-5-7-18(8-6-12)22(2,20)21/h3-4,9,12H,5-8H2,1-2H3,(H2,16,17,19). The van der Waals surface area contributed by atoms with Gasteiger partial charge >= 0.3 is 6.03 Å². The smallest absolute Gasteiger partial charge is 0.319 e. The summed E-state index contributed by atoms with van der Waals surface area (Å²) in [4.78, 5) is 12.0. The number of aryl methyl sites for hydroxylation is 1. The molecule has 0 saturated carbocycles. The molecule has 0 atom stereocenters. The Labute approximate surface area is 135 Å². The molecule has 22 heavy (non-hydrogen) atoms. The zero-order valence-electron chi connectivity index (χ0n) is 12.6. The lowest BCUT2D eigenvalue weighted by Gasteiger charge is -2.30. The largest absolute Gasteiger partial charge is 0.335 e. The molecule has 2 amide bonds. The van der Waals surface area contributed by atoms with Crippen LogP contribution in [0, 0.1) is 6.92 Å². The molecular weight excluding hydrogens is 326 g/mol. The van der Waals surface area contributed by atoms with Crippen LogP contribution in [0.2, 0.25) is 5.02 Å². The first-order chi connectivity index (χ1) is 10.3. The van der Waals surface area contributed by atoms with E-state index in [1.54, 1.807) is 18.2 Å². The third-order valence-corrected chi connectivity index (χ3v) is 5.23. The van der Waals surface area contributed by atoms with Gasteiger partial charge in [0, 0.05) is 29.8 Å². The second-order valence-corrected chi connectivity index (χ2v) is 7.91. The Morgan fingerprint density at radius 2 is 1.95 bits per heavy atom. The van der Waals surface area contributed by atoms with Crippen molar-refractivity contribution in [2.75, 3.05) is 24.7 Å². The van der Waals surface area contributed by atoms with Crippen LogP contribution >= 0.6 is 11.6 Å². The monoisotopic (exact) mass is 345 g/mol. The van der Waals surface area contributed by atoms with E-state index in [0.29, 0.717) is 36.6 Å². The van der Waals surface area contributed by atoms with Crippen LogP contribution in [0.4, 0.5) is 10.5 Å². The summed E-state index contributed by atoms with van der Waals surface area (Å²) in [6.45, 7) is 2.74. The molecule has 0 aliphatic carbocycles. The van der Waals surface area contributed by atoms with E-state index in [2.05, 4.69) is 10.6 Å². The highest BCUT2D eigenvalue weighted by molar-refractivity contribution is 7.88. The molecule has 0 spiro atoms. The van der Waals surface area contributed by atoms with Crippen LogP contribution in [-0.2, 0) is 10.0 Å². The van der Waals surface area contributed by atoms with E-state index in [1.807, 2.05) is 6.92 Å². The van der Waals surface area contributed by atoms with E-state index in [4.69, 9.17) is 11.6 Å². The first-order valence-corrected chi connectivity index (χ1v) is 9.27. The van der Waals surface area contributed by atoms with Gasteiger partial charge in [-0.05, 0) is 43.5 Å². The summed E-state index contributed by atoms with van der Waals surface area (Å²) in [5.74, 6) is 0. The van der Waals surface area contributed by atoms with Crippen molar-refractivity contribution in [3.05, 3.63) is 28.8 Å². The van der Waals surface area contributed by atoms with E-state index in [1.165, 1.54) is 10.6 Å². The number of benzene rings is 1. The topological polar surface area (TPSA) is 78.5 Å². The molecule has 1 fully saturated rings. The second-order valence-electron chi connectivity index (χ2n) is 5.49. The number of sulfonamides is 1. The van der Waals surface area contributed by atoms with Crippen molar-refractivity contribution in [2.24, 2.45) is 0 Å². The average Bonchev–Trinajstić information content (AvgIpc) is 2.41. The summed E-state index contributed by atoms with van der Waals surface area (Å²) in [6, 6.07) is 4.94. The Hall–Kier alpha value is -1.31. The Balaban J connectivity index is 1.86. The van der Waals surface area contributed by atoms with Crippen LogP contribution in [-0.4, -0.2) is 44.1 Å². The predicted octanol–water partition coefficient (Wildman–Crippen LogP) is 2.19. The lowest BCUT2D eigenvalue weighted by molar-refractivity contribution is 0.238. The van der Waals surface area contributed by atoms with Crippen molar-refractivity contribution < 1.29 is 13.2 Å². The number of hydrogen-bond acceptors (Lipinski definition) is 3. The highest BCUT2D eigenvalue weighted by Gasteiger charge is 2.25. The Morgan fingerprint density at radius 3 is 2.50 bits per heavy atom. The van der Waals surface area contributed by atoms with Crippen LogP contribution in [0.3, 0.4) is 0 Å². The highest BCUT2D eigenvalue weighted by Crippen LogP contribution is 2.19. The first-order valence-electron chi connectivity index (χ1n) is 7.04. The molecule has 0 unspecified atom stereocenters. The number of halogens is 1. The molecule has 1 aromatic carbocycles. The van der Waals surface area contributed by atoms with Gasteiger partial charge in [-0.2, -0.15) is 0 Å². The molecule has 1 aromatic rings. The van der Waals surface area contributed by atoms with Crippen molar-refractivity contribution in [1.29, 1.82) is 0 Å². The van der Waals surface area contributed by atoms with Crippen LogP contribution in [0.1, 0.15) is 18.4 Å². The first kappa shape index (κ1) is 17.1. The maximum Gasteiger partial charge on any atom is 0.319 e. The second kappa shape index (κ2) is 6.85. The van der Waals surface area contributed by atoms with Crippen molar-refractivity contribution >= 4 is 33.3 Å². The van der Waals surface area contributed by atoms with Gasteiger partial charge in [-0.25, -0.2) is 17.5 Å². The number of rotatable bonds is 3. The molecule has 2 N–H and O–H groups in total. The fourth-order valence-electron chi connectivity index (χ4n) is 2.44. The summed E-state index contributed by atoms with van der Waals surface area (Å²) in [6.07, 6.45) is 2.43. The highest BCUT2D eigenvalue weighted by atomic mass is 35.5. The molecule has 0 bridgehead atoms. The van der Waals surface area contributed by atoms with E-state index < -0.39 is 10.0 Å². The number of carbonyl (C=O) groups is 1. The molecule has 1 heterocycles. The summed E-state index contributed by atoms with van der Waals surface area (Å²) < 4.78 is 24.3. The zero-order valence-corrected chi connectivity index (χ0v) is 14.2. The summed E-state index contributed by atoms with van der Waals surface area (Å²) in [7, 11) is -3.14. The van der Waals surface area contributed by atoms with E-state index in [9.17, 15) is 13.2 Å². The number of anilines is 1. The fraction of sp³-hybridized carbons (Fsp3) is 0.500. The van der Waals surface area contributed by atoms with Gasteiger partial charge in [0.2, 0.25) is 10.0 Å². The predicted molar refractivity (Wildman–Crippen MR) is 87.8 cm³/mol. The van der Waals surface area contributed by atoms with Crippen LogP contribution in [0.25, 0.3) is 0 Å². The Bertz CT molecular complexity index is 655. The number of amides is 2. The lowest BCUT2D eigenvalue weighted by Crippen LogP contribution is -2.47. The SMILES string of the molecule is Cc1cc(Cl)ccc1NC(=O)NC1CCN(S(C)(=O)=O)CC1. The molecule has 0 aromatic heterocycles. The molecule has 0 radical (unpaired) electrons. The summed E-state index contributed by atoms with van der Waals surface area (Å²) in [5, 5.41) is 6.28. The normalized spacial score (nSPS) is 17.2. The molecule has 8 heteroatoms. The molecule has 1 aliphatic heterocycles. The van der Waals surface area contributed by atoms with Crippen LogP contribution in [0.5, 0.6) is 0 Å². The summed E-state index contributed by atoms with van der Waals surface area (Å²) in [5.41, 5.74) is 1.59. The molecule has 122 valence electrons. The van der Waals surface area contributed by atoms with Gasteiger partial charge in [0.15, 0.2) is 0 Å². The van der Waals surface area contributed by atoms with Crippen molar-refractivity contribution in [3.8, 4) is 0 Å². The van der Waals surface area contributed by atoms with Crippen molar-refractivity contribution in [3.63, 3.8) is 0 Å². The van der Waals surface area contributed by atoms with Gasteiger partial charge < -0.3 is 10.6 Å². The summed E-state index contributed by atoms with van der Waals surface area (Å²) >= 11 is 5.88. The third kappa shape index (κ3) is 4.59. The Morgan fingerprint density at radius 1 is 1.32 bits per heavy atom. The minimum atomic E-state index is -3.14. The minimum Gasteiger partial charge on any atom is -0.335 e. The minimum absolute atomic E-state index is 0.0226. The number of nitrogens with one attached hydrogen (secondary N) is 2. The van der Waals surface area contributed by atoms with Gasteiger partial charge in [-0.15, -0.1) is 0 Å². The van der Waals surface area contributed by atoms with Gasteiger partial charge in [-0.3, -0.25) is 0 Å². The third-order valence-electron chi connectivity index (χ3n) is 3.69. The van der Waals surface area contributed by atoms with Gasteiger partial charge in [0.05, 0.1) is 6.26 Å². The molecule has 1 aliphatic rings. The van der Waals surface area contributed by atoms with E-state index in [-0.39, 0.29) is 12.1 Å². The van der Waals surface area contributed by atoms with Crippen molar-refractivity contribution in [1.82, 2.24) is 9.62 Å². The molecule has 1 saturated heterocycles. The van der Waals surface area contributed by atoms with Gasteiger partial charge in [-0.1, -0.05) is 11.6 Å². The zero-order chi connectivity index (χ0) is 16.3. The van der Waals surface area contributed by atoms with Crippen LogP contribution < -0.4 is 10.6 Å². The fourth-order valence-corrected chi connectivity index (χ4v) is 3.54. The van der Waals surface area contributed by atoms with E-state index >= 15 is 0 Å². The number of urea groups is 1. The average molecular weight is 346 g/mol. The van der Waals surface area contributed by atoms with Gasteiger partial charge in [0.1, 0.15) is 0 Å². The van der Waals surface area contributed by atoms with Crippen LogP contribution in [0.15, 0.2) is 18.2 Å². The number of piperidine rings is 1. The quantitative estimate of drug-likeness (QED) is 0.881. The molecule has 6 nitrogen and oxygen atoms in total. The lowest BCUT2D eigenvalue weighted by atomic mass is 10.1. The van der Waals surface area contributed by atoms with E-state index in [0.717, 1.165) is 5.56 Å². The number of nitrogens with zero attached hydrogens (tertiary/aromatic N) is 1. The Kier molecular flexibility index (Phi) is 5.31. The maximum absolute atomic E-state index is 12.0. The molecule has 2 rings (SSSR count).